The fourth-order valence-corrected chi connectivity index (χ4v) is 2.07. The predicted octanol–water partition coefficient (Wildman–Crippen LogP) is 4.74. The van der Waals surface area contributed by atoms with Gasteiger partial charge in [-0.05, 0) is 42.8 Å². The molecule has 2 rings (SSSR count). The van der Waals surface area contributed by atoms with Gasteiger partial charge in [-0.25, -0.2) is 0 Å². The number of hydrogen-bond acceptors (Lipinski definition) is 2. The van der Waals surface area contributed by atoms with E-state index in [1.54, 1.807) is 0 Å². The SMILES string of the molecule is Cc1ccc(Cl)c(Nc2ccc(Br)cc2N)c1. The molecule has 2 nitrogen and oxygen atoms in total. The van der Waals surface area contributed by atoms with Crippen molar-refractivity contribution in [2.24, 2.45) is 0 Å². The Morgan fingerprint density at radius 1 is 1.12 bits per heavy atom. The second-order valence-corrected chi connectivity index (χ2v) is 5.16. The first-order valence-electron chi connectivity index (χ1n) is 5.14. The Bertz CT molecular complexity index is 555. The molecule has 0 radical (unpaired) electrons. The standard InChI is InChI=1S/C13H12BrClN2/c1-8-2-4-10(15)13(6-8)17-12-5-3-9(14)7-11(12)16/h2-7,17H,16H2,1H3. The third-order valence-corrected chi connectivity index (χ3v) is 3.23. The van der Waals surface area contributed by atoms with E-state index in [1.807, 2.05) is 43.3 Å². The van der Waals surface area contributed by atoms with Gasteiger partial charge in [0.1, 0.15) is 0 Å². The molecular weight excluding hydrogens is 300 g/mol. The van der Waals surface area contributed by atoms with Crippen LogP contribution in [0.15, 0.2) is 40.9 Å². The van der Waals surface area contributed by atoms with Crippen molar-refractivity contribution < 1.29 is 0 Å². The number of anilines is 3. The van der Waals surface area contributed by atoms with E-state index in [2.05, 4.69) is 21.2 Å². The van der Waals surface area contributed by atoms with Gasteiger partial charge in [-0.2, -0.15) is 0 Å². The van der Waals surface area contributed by atoms with E-state index >= 15 is 0 Å². The van der Waals surface area contributed by atoms with Crippen LogP contribution in [0.4, 0.5) is 17.1 Å². The number of rotatable bonds is 2. The van der Waals surface area contributed by atoms with Crippen molar-refractivity contribution in [2.45, 2.75) is 6.92 Å². The predicted molar refractivity (Wildman–Crippen MR) is 78.0 cm³/mol. The van der Waals surface area contributed by atoms with Crippen LogP contribution in [-0.4, -0.2) is 0 Å². The summed E-state index contributed by atoms with van der Waals surface area (Å²) >= 11 is 9.49. The lowest BCUT2D eigenvalue weighted by molar-refractivity contribution is 1.45. The number of hydrogen-bond donors (Lipinski definition) is 2. The highest BCUT2D eigenvalue weighted by atomic mass is 79.9. The normalized spacial score (nSPS) is 10.3. The van der Waals surface area contributed by atoms with Gasteiger partial charge in [-0.3, -0.25) is 0 Å². The van der Waals surface area contributed by atoms with Gasteiger partial charge in [0.2, 0.25) is 0 Å². The van der Waals surface area contributed by atoms with Gasteiger partial charge in [0, 0.05) is 4.47 Å². The summed E-state index contributed by atoms with van der Waals surface area (Å²) in [7, 11) is 0. The fraction of sp³-hybridized carbons (Fsp3) is 0.0769. The molecule has 2 aromatic rings. The zero-order chi connectivity index (χ0) is 12.4. The number of benzene rings is 2. The minimum atomic E-state index is 0.678. The summed E-state index contributed by atoms with van der Waals surface area (Å²) in [5, 5.41) is 3.91. The van der Waals surface area contributed by atoms with E-state index in [0.717, 1.165) is 21.4 Å². The van der Waals surface area contributed by atoms with Gasteiger partial charge in [0.25, 0.3) is 0 Å². The van der Waals surface area contributed by atoms with Crippen LogP contribution in [0, 0.1) is 6.92 Å². The minimum Gasteiger partial charge on any atom is -0.397 e. The van der Waals surface area contributed by atoms with Crippen molar-refractivity contribution in [3.05, 3.63) is 51.5 Å². The van der Waals surface area contributed by atoms with Gasteiger partial charge in [0.15, 0.2) is 0 Å². The Morgan fingerprint density at radius 2 is 1.88 bits per heavy atom. The van der Waals surface area contributed by atoms with E-state index in [4.69, 9.17) is 17.3 Å². The summed E-state index contributed by atoms with van der Waals surface area (Å²) in [6.07, 6.45) is 0. The largest absolute Gasteiger partial charge is 0.397 e. The minimum absolute atomic E-state index is 0.678. The summed E-state index contributed by atoms with van der Waals surface area (Å²) in [5.74, 6) is 0. The summed E-state index contributed by atoms with van der Waals surface area (Å²) < 4.78 is 0.955. The van der Waals surface area contributed by atoms with Crippen molar-refractivity contribution in [3.63, 3.8) is 0 Å². The molecule has 4 heteroatoms. The second kappa shape index (κ2) is 4.98. The topological polar surface area (TPSA) is 38.0 Å². The van der Waals surface area contributed by atoms with Crippen LogP contribution < -0.4 is 11.1 Å². The molecule has 0 aliphatic rings. The summed E-state index contributed by atoms with van der Waals surface area (Å²) in [6, 6.07) is 11.5. The Morgan fingerprint density at radius 3 is 2.59 bits per heavy atom. The Hall–Kier alpha value is -1.19. The van der Waals surface area contributed by atoms with E-state index in [9.17, 15) is 0 Å². The Balaban J connectivity index is 2.34. The molecule has 0 saturated heterocycles. The first-order chi connectivity index (χ1) is 8.06. The number of nitrogens with one attached hydrogen (secondary N) is 1. The van der Waals surface area contributed by atoms with Crippen LogP contribution in [0.2, 0.25) is 5.02 Å². The second-order valence-electron chi connectivity index (χ2n) is 3.84. The molecule has 17 heavy (non-hydrogen) atoms. The quantitative estimate of drug-likeness (QED) is 0.786. The maximum absolute atomic E-state index is 6.12. The third-order valence-electron chi connectivity index (χ3n) is 2.40. The van der Waals surface area contributed by atoms with Gasteiger partial charge in [-0.1, -0.05) is 33.6 Å². The molecule has 0 unspecified atom stereocenters. The molecule has 88 valence electrons. The third kappa shape index (κ3) is 2.93. The van der Waals surface area contributed by atoms with Gasteiger partial charge >= 0.3 is 0 Å². The van der Waals surface area contributed by atoms with Crippen molar-refractivity contribution in [2.75, 3.05) is 11.1 Å². The maximum atomic E-state index is 6.12. The first kappa shape index (κ1) is 12.3. The average molecular weight is 312 g/mol. The molecule has 3 N–H and O–H groups in total. The van der Waals surface area contributed by atoms with Crippen LogP contribution in [0.5, 0.6) is 0 Å². The molecule has 0 amide bonds. The molecule has 0 aliphatic heterocycles. The lowest BCUT2D eigenvalue weighted by Gasteiger charge is -2.11. The molecule has 0 atom stereocenters. The lowest BCUT2D eigenvalue weighted by Crippen LogP contribution is -1.97. The highest BCUT2D eigenvalue weighted by Crippen LogP contribution is 2.30. The van der Waals surface area contributed by atoms with E-state index in [1.165, 1.54) is 0 Å². The number of aryl methyl sites for hydroxylation is 1. The van der Waals surface area contributed by atoms with E-state index in [-0.39, 0.29) is 0 Å². The molecule has 0 heterocycles. The van der Waals surface area contributed by atoms with Crippen LogP contribution >= 0.6 is 27.5 Å². The fourth-order valence-electron chi connectivity index (χ4n) is 1.53. The smallest absolute Gasteiger partial charge is 0.0641 e. The lowest BCUT2D eigenvalue weighted by atomic mass is 10.2. The molecule has 0 aliphatic carbocycles. The molecule has 0 aromatic heterocycles. The summed E-state index contributed by atoms with van der Waals surface area (Å²) in [6.45, 7) is 2.02. The zero-order valence-corrected chi connectivity index (χ0v) is 11.6. The Kier molecular flexibility index (Phi) is 3.60. The molecule has 2 aromatic carbocycles. The molecule has 0 bridgehead atoms. The van der Waals surface area contributed by atoms with Crippen molar-refractivity contribution in [1.29, 1.82) is 0 Å². The number of halogens is 2. The molecular formula is C13H12BrClN2. The van der Waals surface area contributed by atoms with Crippen LogP contribution in [0.25, 0.3) is 0 Å². The van der Waals surface area contributed by atoms with Gasteiger partial charge < -0.3 is 11.1 Å². The van der Waals surface area contributed by atoms with Gasteiger partial charge in [0.05, 0.1) is 22.1 Å². The van der Waals surface area contributed by atoms with Crippen LogP contribution in [0.1, 0.15) is 5.56 Å². The average Bonchev–Trinajstić information content (AvgIpc) is 2.27. The van der Waals surface area contributed by atoms with Crippen LogP contribution in [0.3, 0.4) is 0 Å². The summed E-state index contributed by atoms with van der Waals surface area (Å²) in [5.41, 5.74) is 9.46. The molecule has 0 spiro atoms. The van der Waals surface area contributed by atoms with Gasteiger partial charge in [-0.15, -0.1) is 0 Å². The van der Waals surface area contributed by atoms with E-state index in [0.29, 0.717) is 10.7 Å². The zero-order valence-electron chi connectivity index (χ0n) is 9.30. The van der Waals surface area contributed by atoms with Crippen molar-refractivity contribution in [3.8, 4) is 0 Å². The summed E-state index contributed by atoms with van der Waals surface area (Å²) in [4.78, 5) is 0. The van der Waals surface area contributed by atoms with E-state index < -0.39 is 0 Å². The molecule has 0 fully saturated rings. The Labute approximate surface area is 114 Å². The molecule has 0 saturated carbocycles. The van der Waals surface area contributed by atoms with Crippen molar-refractivity contribution in [1.82, 2.24) is 0 Å². The van der Waals surface area contributed by atoms with Crippen molar-refractivity contribution >= 4 is 44.6 Å². The maximum Gasteiger partial charge on any atom is 0.0641 e. The number of nitrogen functional groups attached to an aromatic ring is 1. The highest BCUT2D eigenvalue weighted by Gasteiger charge is 2.04. The highest BCUT2D eigenvalue weighted by molar-refractivity contribution is 9.10. The number of nitrogens with two attached hydrogens (primary N) is 1. The first-order valence-corrected chi connectivity index (χ1v) is 6.31. The monoisotopic (exact) mass is 310 g/mol. The van der Waals surface area contributed by atoms with Crippen LogP contribution in [-0.2, 0) is 0 Å².